The van der Waals surface area contributed by atoms with Crippen molar-refractivity contribution < 1.29 is 33.9 Å². The number of methoxy groups -OCH3 is 3. The molecule has 2 N–H and O–H groups in total. The van der Waals surface area contributed by atoms with E-state index in [2.05, 4.69) is 0 Å². The van der Waals surface area contributed by atoms with Gasteiger partial charge in [0.2, 0.25) is 5.75 Å². The van der Waals surface area contributed by atoms with Gasteiger partial charge < -0.3 is 33.9 Å². The molecule has 0 unspecified atom stereocenters. The third-order valence-corrected chi connectivity index (χ3v) is 5.63. The predicted octanol–water partition coefficient (Wildman–Crippen LogP) is 3.20. The Kier molecular flexibility index (Phi) is 4.95. The Labute approximate surface area is 163 Å². The topological polar surface area (TPSA) is 86.6 Å². The van der Waals surface area contributed by atoms with Crippen LogP contribution in [0, 0.1) is 11.8 Å². The van der Waals surface area contributed by atoms with E-state index < -0.39 is 0 Å². The second-order valence-corrected chi connectivity index (χ2v) is 7.04. The van der Waals surface area contributed by atoms with Crippen molar-refractivity contribution in [3.63, 3.8) is 0 Å². The van der Waals surface area contributed by atoms with Gasteiger partial charge in [0.25, 0.3) is 0 Å². The van der Waals surface area contributed by atoms with Crippen molar-refractivity contribution in [1.82, 2.24) is 0 Å². The van der Waals surface area contributed by atoms with Gasteiger partial charge in [-0.25, -0.2) is 0 Å². The van der Waals surface area contributed by atoms with Gasteiger partial charge in [-0.05, 0) is 35.4 Å². The molecule has 0 saturated carbocycles. The summed E-state index contributed by atoms with van der Waals surface area (Å²) in [5.74, 6) is 1.52. The van der Waals surface area contributed by atoms with Crippen molar-refractivity contribution >= 4 is 0 Å². The molecule has 4 atom stereocenters. The molecular formula is C21H24O7. The average molecular weight is 388 g/mol. The molecule has 0 amide bonds. The van der Waals surface area contributed by atoms with Crippen LogP contribution < -0.4 is 14.2 Å². The Morgan fingerprint density at radius 2 is 1.25 bits per heavy atom. The van der Waals surface area contributed by atoms with Gasteiger partial charge in [0, 0.05) is 11.8 Å². The highest BCUT2D eigenvalue weighted by Gasteiger charge is 2.48. The molecule has 150 valence electrons. The SMILES string of the molecule is COc1cc([C@@H]2OC[C@H]3[C@@H]2CO[C@H]3c2cc(OC)c(O)c(OC)c2)ccc1O. The number of ether oxygens (including phenoxy) is 5. The van der Waals surface area contributed by atoms with Crippen LogP contribution in [0.4, 0.5) is 0 Å². The van der Waals surface area contributed by atoms with E-state index >= 15 is 0 Å². The first-order chi connectivity index (χ1) is 13.6. The molecule has 2 aliphatic heterocycles. The molecule has 7 heteroatoms. The molecule has 2 aromatic carbocycles. The smallest absolute Gasteiger partial charge is 0.200 e. The molecule has 4 rings (SSSR count). The minimum Gasteiger partial charge on any atom is -0.504 e. The van der Waals surface area contributed by atoms with E-state index in [0.717, 1.165) is 11.1 Å². The van der Waals surface area contributed by atoms with Gasteiger partial charge in [0.15, 0.2) is 23.0 Å². The van der Waals surface area contributed by atoms with Crippen LogP contribution in [-0.2, 0) is 9.47 Å². The molecule has 28 heavy (non-hydrogen) atoms. The Bertz CT molecular complexity index is 841. The number of hydrogen-bond acceptors (Lipinski definition) is 7. The molecule has 2 heterocycles. The summed E-state index contributed by atoms with van der Waals surface area (Å²) in [7, 11) is 4.53. The number of phenolic OH excluding ortho intramolecular Hbond substituents is 2. The van der Waals surface area contributed by atoms with Crippen LogP contribution in [0.2, 0.25) is 0 Å². The van der Waals surface area contributed by atoms with Crippen LogP contribution >= 0.6 is 0 Å². The summed E-state index contributed by atoms with van der Waals surface area (Å²) >= 11 is 0. The highest BCUT2D eigenvalue weighted by atomic mass is 16.5. The van der Waals surface area contributed by atoms with E-state index in [9.17, 15) is 10.2 Å². The molecule has 0 radical (unpaired) electrons. The maximum Gasteiger partial charge on any atom is 0.200 e. The molecular weight excluding hydrogens is 364 g/mol. The zero-order valence-corrected chi connectivity index (χ0v) is 16.0. The highest BCUT2D eigenvalue weighted by molar-refractivity contribution is 5.53. The van der Waals surface area contributed by atoms with Crippen molar-refractivity contribution in [1.29, 1.82) is 0 Å². The van der Waals surface area contributed by atoms with Crippen molar-refractivity contribution in [2.24, 2.45) is 11.8 Å². The van der Waals surface area contributed by atoms with Crippen LogP contribution in [0.5, 0.6) is 28.7 Å². The molecule has 2 aliphatic rings. The Morgan fingerprint density at radius 3 is 1.79 bits per heavy atom. The number of fused-ring (bicyclic) bond motifs is 1. The third-order valence-electron chi connectivity index (χ3n) is 5.63. The minimum atomic E-state index is -0.183. The van der Waals surface area contributed by atoms with Gasteiger partial charge in [-0.15, -0.1) is 0 Å². The largest absolute Gasteiger partial charge is 0.504 e. The third kappa shape index (κ3) is 3.00. The lowest BCUT2D eigenvalue weighted by Gasteiger charge is -2.19. The minimum absolute atomic E-state index is 0.0277. The fraction of sp³-hybridized carbons (Fsp3) is 0.429. The van der Waals surface area contributed by atoms with Crippen molar-refractivity contribution in [3.8, 4) is 28.7 Å². The van der Waals surface area contributed by atoms with Crippen molar-refractivity contribution in [2.75, 3.05) is 34.5 Å². The van der Waals surface area contributed by atoms with Crippen LogP contribution in [0.3, 0.4) is 0 Å². The average Bonchev–Trinajstić information content (AvgIpc) is 3.31. The zero-order valence-electron chi connectivity index (χ0n) is 16.0. The molecule has 7 nitrogen and oxygen atoms in total. The first kappa shape index (κ1) is 18.7. The van der Waals surface area contributed by atoms with Crippen LogP contribution in [-0.4, -0.2) is 44.8 Å². The van der Waals surface area contributed by atoms with Crippen molar-refractivity contribution in [2.45, 2.75) is 12.2 Å². The summed E-state index contributed by atoms with van der Waals surface area (Å²) in [6.45, 7) is 1.10. The van der Waals surface area contributed by atoms with Gasteiger partial charge in [0.05, 0.1) is 46.8 Å². The summed E-state index contributed by atoms with van der Waals surface area (Å²) in [6.07, 6.45) is -0.317. The van der Waals surface area contributed by atoms with Gasteiger partial charge in [-0.3, -0.25) is 0 Å². The Hall–Kier alpha value is -2.64. The number of benzene rings is 2. The summed E-state index contributed by atoms with van der Waals surface area (Å²) in [4.78, 5) is 0. The lowest BCUT2D eigenvalue weighted by molar-refractivity contribution is 0.0191. The Morgan fingerprint density at radius 1 is 0.750 bits per heavy atom. The summed E-state index contributed by atoms with van der Waals surface area (Å²) in [5, 5.41) is 20.0. The molecule has 2 fully saturated rings. The van der Waals surface area contributed by atoms with Gasteiger partial charge in [-0.1, -0.05) is 6.07 Å². The van der Waals surface area contributed by atoms with E-state index in [0.29, 0.717) is 30.5 Å². The first-order valence-corrected chi connectivity index (χ1v) is 9.12. The van der Waals surface area contributed by atoms with E-state index in [1.165, 1.54) is 21.3 Å². The molecule has 0 aromatic heterocycles. The summed E-state index contributed by atoms with van der Waals surface area (Å²) in [5.41, 5.74) is 1.83. The number of rotatable bonds is 5. The number of hydrogen-bond donors (Lipinski definition) is 2. The number of phenols is 2. The van der Waals surface area contributed by atoms with Gasteiger partial charge in [0.1, 0.15) is 0 Å². The van der Waals surface area contributed by atoms with Crippen molar-refractivity contribution in [3.05, 3.63) is 41.5 Å². The van der Waals surface area contributed by atoms with Crippen LogP contribution in [0.25, 0.3) is 0 Å². The summed E-state index contributed by atoms with van der Waals surface area (Å²) in [6, 6.07) is 8.84. The van der Waals surface area contributed by atoms with E-state index in [1.54, 1.807) is 18.2 Å². The summed E-state index contributed by atoms with van der Waals surface area (Å²) < 4.78 is 28.0. The quantitative estimate of drug-likeness (QED) is 0.813. The maximum absolute atomic E-state index is 10.2. The van der Waals surface area contributed by atoms with Gasteiger partial charge >= 0.3 is 0 Å². The first-order valence-electron chi connectivity index (χ1n) is 9.12. The van der Waals surface area contributed by atoms with E-state index in [4.69, 9.17) is 23.7 Å². The lowest BCUT2D eigenvalue weighted by Crippen LogP contribution is -2.14. The second kappa shape index (κ2) is 7.41. The number of aromatic hydroxyl groups is 2. The molecule has 2 aromatic rings. The molecule has 0 bridgehead atoms. The van der Waals surface area contributed by atoms with E-state index in [1.807, 2.05) is 12.1 Å². The maximum atomic E-state index is 10.2. The fourth-order valence-corrected chi connectivity index (χ4v) is 4.18. The van der Waals surface area contributed by atoms with E-state index in [-0.39, 0.29) is 35.5 Å². The molecule has 0 spiro atoms. The van der Waals surface area contributed by atoms with Gasteiger partial charge in [-0.2, -0.15) is 0 Å². The second-order valence-electron chi connectivity index (χ2n) is 7.04. The molecule has 2 saturated heterocycles. The molecule has 0 aliphatic carbocycles. The fourth-order valence-electron chi connectivity index (χ4n) is 4.18. The lowest BCUT2D eigenvalue weighted by atomic mass is 9.85. The predicted molar refractivity (Wildman–Crippen MR) is 100 cm³/mol. The normalized spacial score (nSPS) is 26.1. The van der Waals surface area contributed by atoms with Crippen LogP contribution in [0.15, 0.2) is 30.3 Å². The zero-order chi connectivity index (χ0) is 19.8. The van der Waals surface area contributed by atoms with Crippen LogP contribution in [0.1, 0.15) is 23.3 Å². The monoisotopic (exact) mass is 388 g/mol. The highest BCUT2D eigenvalue weighted by Crippen LogP contribution is 2.52. The standard InChI is InChI=1S/C21H24O7/c1-24-16-6-11(4-5-15(16)22)20-13-9-28-21(14(13)10-27-20)12-7-17(25-2)19(23)18(8-12)26-3/h4-8,13-14,20-23H,9-10H2,1-3H3/t13-,14-,20-,21-/m0/s1. The Balaban J connectivity index is 1.61.